The highest BCUT2D eigenvalue weighted by atomic mass is 127. The van der Waals surface area contributed by atoms with Crippen LogP contribution in [0.4, 0.5) is 0 Å². The van der Waals surface area contributed by atoms with E-state index in [1.165, 1.54) is 5.56 Å². The lowest BCUT2D eigenvalue weighted by molar-refractivity contribution is 0.136. The SMILES string of the molecule is CCNC(=NCCCOCCc1ccccc1)NCCn1cccc1.I. The second kappa shape index (κ2) is 14.6. The van der Waals surface area contributed by atoms with Gasteiger partial charge in [-0.15, -0.1) is 24.0 Å². The predicted molar refractivity (Wildman–Crippen MR) is 119 cm³/mol. The first-order chi connectivity index (χ1) is 12.4. The van der Waals surface area contributed by atoms with Crippen molar-refractivity contribution in [3.8, 4) is 0 Å². The van der Waals surface area contributed by atoms with Gasteiger partial charge >= 0.3 is 0 Å². The number of aromatic nitrogens is 1. The summed E-state index contributed by atoms with van der Waals surface area (Å²) in [5.74, 6) is 0.874. The van der Waals surface area contributed by atoms with E-state index in [2.05, 4.69) is 63.8 Å². The normalized spacial score (nSPS) is 11.0. The fourth-order valence-corrected chi connectivity index (χ4v) is 2.46. The van der Waals surface area contributed by atoms with E-state index >= 15 is 0 Å². The number of nitrogens with one attached hydrogen (secondary N) is 2. The van der Waals surface area contributed by atoms with Gasteiger partial charge in [0.25, 0.3) is 0 Å². The van der Waals surface area contributed by atoms with Crippen LogP contribution in [-0.4, -0.2) is 43.4 Å². The second-order valence-corrected chi connectivity index (χ2v) is 5.81. The Kier molecular flexibility index (Phi) is 12.6. The van der Waals surface area contributed by atoms with Crippen LogP contribution in [0.15, 0.2) is 59.9 Å². The van der Waals surface area contributed by atoms with Gasteiger partial charge in [-0.05, 0) is 37.5 Å². The Hall–Kier alpha value is -1.54. The van der Waals surface area contributed by atoms with Crippen LogP contribution in [0.3, 0.4) is 0 Å². The molecule has 0 amide bonds. The van der Waals surface area contributed by atoms with Crippen molar-refractivity contribution in [3.63, 3.8) is 0 Å². The van der Waals surface area contributed by atoms with E-state index in [0.717, 1.165) is 58.2 Å². The van der Waals surface area contributed by atoms with E-state index < -0.39 is 0 Å². The summed E-state index contributed by atoms with van der Waals surface area (Å²) in [6.07, 6.45) is 6.04. The van der Waals surface area contributed by atoms with Crippen LogP contribution in [0.5, 0.6) is 0 Å². The number of nitrogens with zero attached hydrogens (tertiary/aromatic N) is 2. The smallest absolute Gasteiger partial charge is 0.191 e. The van der Waals surface area contributed by atoms with Crippen molar-refractivity contribution in [2.45, 2.75) is 26.3 Å². The minimum atomic E-state index is 0. The molecule has 0 radical (unpaired) electrons. The van der Waals surface area contributed by atoms with E-state index in [1.807, 2.05) is 18.2 Å². The van der Waals surface area contributed by atoms with E-state index in [9.17, 15) is 0 Å². The van der Waals surface area contributed by atoms with Crippen LogP contribution in [0.2, 0.25) is 0 Å². The van der Waals surface area contributed by atoms with Gasteiger partial charge in [0.05, 0.1) is 6.61 Å². The van der Waals surface area contributed by atoms with Gasteiger partial charge in [0.1, 0.15) is 0 Å². The predicted octanol–water partition coefficient (Wildman–Crippen LogP) is 3.31. The Bertz CT molecular complexity index is 587. The molecule has 0 atom stereocenters. The zero-order chi connectivity index (χ0) is 17.6. The molecule has 0 aliphatic rings. The lowest BCUT2D eigenvalue weighted by Crippen LogP contribution is -2.38. The highest BCUT2D eigenvalue weighted by Crippen LogP contribution is 1.99. The van der Waals surface area contributed by atoms with Crippen molar-refractivity contribution < 1.29 is 4.74 Å². The van der Waals surface area contributed by atoms with Gasteiger partial charge in [-0.2, -0.15) is 0 Å². The molecular formula is C20H31IN4O. The van der Waals surface area contributed by atoms with Crippen LogP contribution in [0.25, 0.3) is 0 Å². The van der Waals surface area contributed by atoms with Crippen LogP contribution in [0, 0.1) is 0 Å². The van der Waals surface area contributed by atoms with Gasteiger partial charge in [-0.1, -0.05) is 30.3 Å². The minimum absolute atomic E-state index is 0. The number of guanidine groups is 1. The molecule has 1 aromatic carbocycles. The molecular weight excluding hydrogens is 439 g/mol. The summed E-state index contributed by atoms with van der Waals surface area (Å²) in [6.45, 7) is 7.01. The molecule has 0 fully saturated rings. The van der Waals surface area contributed by atoms with Crippen molar-refractivity contribution >= 4 is 29.9 Å². The first kappa shape index (κ1) is 22.5. The maximum Gasteiger partial charge on any atom is 0.191 e. The molecule has 0 saturated heterocycles. The third kappa shape index (κ3) is 9.82. The molecule has 0 spiro atoms. The van der Waals surface area contributed by atoms with Gasteiger partial charge in [0, 0.05) is 45.2 Å². The van der Waals surface area contributed by atoms with Crippen molar-refractivity contribution in [2.24, 2.45) is 4.99 Å². The van der Waals surface area contributed by atoms with Gasteiger partial charge in [-0.25, -0.2) is 0 Å². The van der Waals surface area contributed by atoms with Crippen molar-refractivity contribution in [2.75, 3.05) is 32.8 Å². The van der Waals surface area contributed by atoms with Crippen molar-refractivity contribution in [1.82, 2.24) is 15.2 Å². The molecule has 26 heavy (non-hydrogen) atoms. The van der Waals surface area contributed by atoms with Gasteiger partial charge in [0.2, 0.25) is 0 Å². The van der Waals surface area contributed by atoms with Gasteiger partial charge in [0.15, 0.2) is 5.96 Å². The molecule has 6 heteroatoms. The summed E-state index contributed by atoms with van der Waals surface area (Å²) in [6, 6.07) is 14.5. The molecule has 0 unspecified atom stereocenters. The maximum absolute atomic E-state index is 5.70. The number of rotatable bonds is 11. The minimum Gasteiger partial charge on any atom is -0.381 e. The first-order valence-electron chi connectivity index (χ1n) is 9.13. The molecule has 1 heterocycles. The Morgan fingerprint density at radius 3 is 2.54 bits per heavy atom. The molecule has 0 bridgehead atoms. The molecule has 5 nitrogen and oxygen atoms in total. The fourth-order valence-electron chi connectivity index (χ4n) is 2.46. The monoisotopic (exact) mass is 470 g/mol. The zero-order valence-corrected chi connectivity index (χ0v) is 17.9. The third-order valence-corrected chi connectivity index (χ3v) is 3.77. The van der Waals surface area contributed by atoms with Gasteiger partial charge in [-0.3, -0.25) is 4.99 Å². The summed E-state index contributed by atoms with van der Waals surface area (Å²) < 4.78 is 7.85. The van der Waals surface area contributed by atoms with Crippen LogP contribution >= 0.6 is 24.0 Å². The van der Waals surface area contributed by atoms with Crippen molar-refractivity contribution in [3.05, 3.63) is 60.4 Å². The highest BCUT2D eigenvalue weighted by molar-refractivity contribution is 14.0. The summed E-state index contributed by atoms with van der Waals surface area (Å²) in [4.78, 5) is 4.59. The number of aliphatic imine (C=N–C) groups is 1. The summed E-state index contributed by atoms with van der Waals surface area (Å²) in [7, 11) is 0. The molecule has 0 aliphatic carbocycles. The number of ether oxygens (including phenoxy) is 1. The molecule has 2 rings (SSSR count). The summed E-state index contributed by atoms with van der Waals surface area (Å²) in [5, 5.41) is 6.63. The molecule has 2 N–H and O–H groups in total. The molecule has 0 aliphatic heterocycles. The number of hydrogen-bond donors (Lipinski definition) is 2. The van der Waals surface area contributed by atoms with E-state index in [0.29, 0.717) is 0 Å². The average Bonchev–Trinajstić information content (AvgIpc) is 3.15. The Morgan fingerprint density at radius 1 is 1.04 bits per heavy atom. The topological polar surface area (TPSA) is 50.6 Å². The number of benzene rings is 1. The number of hydrogen-bond acceptors (Lipinski definition) is 2. The van der Waals surface area contributed by atoms with E-state index in [4.69, 9.17) is 4.74 Å². The Balaban J connectivity index is 0.00000338. The molecule has 2 aromatic rings. The first-order valence-corrected chi connectivity index (χ1v) is 9.13. The Labute approximate surface area is 174 Å². The number of halogens is 1. The third-order valence-electron chi connectivity index (χ3n) is 3.77. The van der Waals surface area contributed by atoms with E-state index in [-0.39, 0.29) is 24.0 Å². The average molecular weight is 470 g/mol. The van der Waals surface area contributed by atoms with Gasteiger partial charge < -0.3 is 19.9 Å². The van der Waals surface area contributed by atoms with Crippen LogP contribution in [0.1, 0.15) is 18.9 Å². The lowest BCUT2D eigenvalue weighted by Gasteiger charge is -2.11. The van der Waals surface area contributed by atoms with Crippen LogP contribution in [-0.2, 0) is 17.7 Å². The summed E-state index contributed by atoms with van der Waals surface area (Å²) >= 11 is 0. The standard InChI is InChI=1S/C20H30N4O.HI/c1-2-21-20(23-13-16-24-14-6-7-15-24)22-12-8-17-25-18-11-19-9-4-3-5-10-19;/h3-7,9-10,14-15H,2,8,11-13,16-18H2,1H3,(H2,21,22,23);1H. The zero-order valence-electron chi connectivity index (χ0n) is 15.6. The van der Waals surface area contributed by atoms with E-state index in [1.54, 1.807) is 0 Å². The Morgan fingerprint density at radius 2 is 1.81 bits per heavy atom. The van der Waals surface area contributed by atoms with Crippen molar-refractivity contribution in [1.29, 1.82) is 0 Å². The second-order valence-electron chi connectivity index (χ2n) is 5.81. The van der Waals surface area contributed by atoms with Crippen LogP contribution < -0.4 is 10.6 Å². The lowest BCUT2D eigenvalue weighted by atomic mass is 10.2. The highest BCUT2D eigenvalue weighted by Gasteiger charge is 1.97. The fraction of sp³-hybridized carbons (Fsp3) is 0.450. The maximum atomic E-state index is 5.70. The quantitative estimate of drug-likeness (QED) is 0.229. The molecule has 0 saturated carbocycles. The molecule has 144 valence electrons. The largest absolute Gasteiger partial charge is 0.381 e. The summed E-state index contributed by atoms with van der Waals surface area (Å²) in [5.41, 5.74) is 1.32. The molecule has 1 aromatic heterocycles.